The first-order chi connectivity index (χ1) is 14.6. The summed E-state index contributed by atoms with van der Waals surface area (Å²) in [5.74, 6) is 0.855. The van der Waals surface area contributed by atoms with Crippen LogP contribution in [0, 0.1) is 0 Å². The van der Waals surface area contributed by atoms with Crippen LogP contribution in [0.15, 0.2) is 29.4 Å². The van der Waals surface area contributed by atoms with E-state index in [-0.39, 0.29) is 11.2 Å². The maximum Gasteiger partial charge on any atom is 0.233 e. The number of nitrogens with one attached hydrogen (secondary N) is 1. The lowest BCUT2D eigenvalue weighted by Gasteiger charge is -2.19. The summed E-state index contributed by atoms with van der Waals surface area (Å²) in [5.41, 5.74) is 0.951. The highest BCUT2D eigenvalue weighted by molar-refractivity contribution is 8.00. The van der Waals surface area contributed by atoms with E-state index in [1.165, 1.54) is 37.4 Å². The van der Waals surface area contributed by atoms with Gasteiger partial charge in [-0.15, -0.1) is 10.2 Å². The Bertz CT molecular complexity index is 804. The normalized spacial score (nSPS) is 16.2. The predicted octanol–water partition coefficient (Wildman–Crippen LogP) is 4.95. The fourth-order valence-corrected chi connectivity index (χ4v) is 4.72. The minimum atomic E-state index is -0.239. The number of hydrogen-bond donors (Lipinski definition) is 1. The van der Waals surface area contributed by atoms with Crippen molar-refractivity contribution in [2.75, 3.05) is 13.7 Å². The zero-order valence-corrected chi connectivity index (χ0v) is 19.3. The quantitative estimate of drug-likeness (QED) is 0.332. The van der Waals surface area contributed by atoms with E-state index >= 15 is 0 Å². The topological polar surface area (TPSA) is 69.0 Å². The molecule has 1 amide bonds. The number of carbonyl (C=O) groups excluding carboxylic acids is 1. The Kier molecular flexibility index (Phi) is 9.03. The molecule has 1 aliphatic carbocycles. The molecule has 1 aromatic carbocycles. The SMILES string of the molecule is COCCCn1c(SC(C)C(=O)NC2CCCCCC2)nnc1-c1ccc(Cl)cc1. The number of carbonyl (C=O) groups is 1. The Balaban J connectivity index is 1.71. The Morgan fingerprint density at radius 3 is 2.60 bits per heavy atom. The van der Waals surface area contributed by atoms with Crippen LogP contribution in [0.2, 0.25) is 5.02 Å². The van der Waals surface area contributed by atoms with Crippen molar-refractivity contribution >= 4 is 29.3 Å². The van der Waals surface area contributed by atoms with Crippen LogP contribution in [0.1, 0.15) is 51.9 Å². The fourth-order valence-electron chi connectivity index (χ4n) is 3.71. The highest BCUT2D eigenvalue weighted by Crippen LogP contribution is 2.28. The van der Waals surface area contributed by atoms with Gasteiger partial charge in [0.25, 0.3) is 0 Å². The molecule has 0 bridgehead atoms. The number of halogens is 1. The van der Waals surface area contributed by atoms with Crippen molar-refractivity contribution in [3.05, 3.63) is 29.3 Å². The lowest BCUT2D eigenvalue weighted by atomic mass is 10.1. The largest absolute Gasteiger partial charge is 0.385 e. The molecule has 8 heteroatoms. The van der Waals surface area contributed by atoms with Crippen molar-refractivity contribution < 1.29 is 9.53 Å². The molecule has 2 aromatic rings. The van der Waals surface area contributed by atoms with Gasteiger partial charge in [0.15, 0.2) is 11.0 Å². The van der Waals surface area contributed by atoms with Crippen molar-refractivity contribution in [3.63, 3.8) is 0 Å². The lowest BCUT2D eigenvalue weighted by Crippen LogP contribution is -2.39. The van der Waals surface area contributed by atoms with Crippen LogP contribution < -0.4 is 5.32 Å². The van der Waals surface area contributed by atoms with Gasteiger partial charge in [-0.05, 0) is 50.5 Å². The number of benzene rings is 1. The van der Waals surface area contributed by atoms with Crippen LogP contribution in [-0.4, -0.2) is 45.7 Å². The van der Waals surface area contributed by atoms with Crippen molar-refractivity contribution in [2.24, 2.45) is 0 Å². The number of ether oxygens (including phenoxy) is 1. The van der Waals surface area contributed by atoms with Gasteiger partial charge in [0, 0.05) is 36.9 Å². The zero-order valence-electron chi connectivity index (χ0n) is 17.8. The third-order valence-electron chi connectivity index (χ3n) is 5.40. The summed E-state index contributed by atoms with van der Waals surface area (Å²) in [4.78, 5) is 12.8. The zero-order chi connectivity index (χ0) is 21.3. The van der Waals surface area contributed by atoms with E-state index in [1.54, 1.807) is 7.11 Å². The Morgan fingerprint density at radius 1 is 1.23 bits per heavy atom. The van der Waals surface area contributed by atoms with E-state index in [1.807, 2.05) is 31.2 Å². The third-order valence-corrected chi connectivity index (χ3v) is 6.73. The Labute approximate surface area is 188 Å². The summed E-state index contributed by atoms with van der Waals surface area (Å²) in [6.07, 6.45) is 7.94. The van der Waals surface area contributed by atoms with Gasteiger partial charge in [0.2, 0.25) is 5.91 Å². The number of nitrogens with zero attached hydrogens (tertiary/aromatic N) is 3. The summed E-state index contributed by atoms with van der Waals surface area (Å²) in [7, 11) is 1.70. The van der Waals surface area contributed by atoms with E-state index in [0.29, 0.717) is 17.7 Å². The molecule has 0 aliphatic heterocycles. The second-order valence-corrected chi connectivity index (χ2v) is 9.51. The number of hydrogen-bond acceptors (Lipinski definition) is 5. The smallest absolute Gasteiger partial charge is 0.233 e. The van der Waals surface area contributed by atoms with Gasteiger partial charge in [-0.1, -0.05) is 49.0 Å². The van der Waals surface area contributed by atoms with Crippen LogP contribution in [0.4, 0.5) is 0 Å². The summed E-state index contributed by atoms with van der Waals surface area (Å²) in [6.45, 7) is 3.31. The third kappa shape index (κ3) is 6.46. The maximum atomic E-state index is 12.8. The van der Waals surface area contributed by atoms with Crippen LogP contribution in [0.25, 0.3) is 11.4 Å². The molecule has 3 rings (SSSR count). The van der Waals surface area contributed by atoms with Crippen molar-refractivity contribution in [1.82, 2.24) is 20.1 Å². The molecule has 1 aromatic heterocycles. The highest BCUT2D eigenvalue weighted by Gasteiger charge is 2.23. The maximum absolute atomic E-state index is 12.8. The van der Waals surface area contributed by atoms with Gasteiger partial charge in [-0.25, -0.2) is 0 Å². The molecular formula is C22H31ClN4O2S. The highest BCUT2D eigenvalue weighted by atomic mass is 35.5. The summed E-state index contributed by atoms with van der Waals surface area (Å²) < 4.78 is 7.28. The average molecular weight is 451 g/mol. The van der Waals surface area contributed by atoms with Crippen LogP contribution >= 0.6 is 23.4 Å². The van der Waals surface area contributed by atoms with E-state index in [9.17, 15) is 4.79 Å². The monoisotopic (exact) mass is 450 g/mol. The van der Waals surface area contributed by atoms with Crippen LogP contribution in [-0.2, 0) is 16.1 Å². The van der Waals surface area contributed by atoms with Crippen LogP contribution in [0.3, 0.4) is 0 Å². The minimum absolute atomic E-state index is 0.0754. The molecule has 1 heterocycles. The van der Waals surface area contributed by atoms with Crippen molar-refractivity contribution in [3.8, 4) is 11.4 Å². The molecule has 0 radical (unpaired) electrons. The molecule has 6 nitrogen and oxygen atoms in total. The molecule has 1 unspecified atom stereocenters. The lowest BCUT2D eigenvalue weighted by molar-refractivity contribution is -0.121. The number of amides is 1. The second kappa shape index (κ2) is 11.7. The number of thioether (sulfide) groups is 1. The summed E-state index contributed by atoms with van der Waals surface area (Å²) in [5, 5.41) is 13.2. The fraction of sp³-hybridized carbons (Fsp3) is 0.591. The van der Waals surface area contributed by atoms with E-state index < -0.39 is 0 Å². The van der Waals surface area contributed by atoms with Gasteiger partial charge in [-0.2, -0.15) is 0 Å². The molecule has 1 fully saturated rings. The first kappa shape index (κ1) is 23.1. The summed E-state index contributed by atoms with van der Waals surface area (Å²) >= 11 is 7.49. The first-order valence-corrected chi connectivity index (χ1v) is 12.0. The second-order valence-electron chi connectivity index (χ2n) is 7.77. The van der Waals surface area contributed by atoms with Crippen molar-refractivity contribution in [2.45, 2.75) is 74.9 Å². The van der Waals surface area contributed by atoms with Gasteiger partial charge in [0.1, 0.15) is 0 Å². The van der Waals surface area contributed by atoms with E-state index in [2.05, 4.69) is 20.1 Å². The van der Waals surface area contributed by atoms with Gasteiger partial charge >= 0.3 is 0 Å². The molecule has 0 spiro atoms. The molecule has 0 saturated heterocycles. The Hall–Kier alpha value is -1.57. The van der Waals surface area contributed by atoms with E-state index in [0.717, 1.165) is 42.4 Å². The Morgan fingerprint density at radius 2 is 1.93 bits per heavy atom. The standard InChI is InChI=1S/C22H31ClN4O2S/c1-16(21(28)24-19-8-5-3-4-6-9-19)30-22-26-25-20(27(22)14-7-15-29-2)17-10-12-18(23)13-11-17/h10-13,16,19H,3-9,14-15H2,1-2H3,(H,24,28). The van der Waals surface area contributed by atoms with Crippen LogP contribution in [0.5, 0.6) is 0 Å². The molecular weight excluding hydrogens is 420 g/mol. The molecule has 1 N–H and O–H groups in total. The summed E-state index contributed by atoms with van der Waals surface area (Å²) in [6, 6.07) is 7.87. The first-order valence-electron chi connectivity index (χ1n) is 10.7. The van der Waals surface area contributed by atoms with Crippen molar-refractivity contribution in [1.29, 1.82) is 0 Å². The van der Waals surface area contributed by atoms with Gasteiger partial charge in [-0.3, -0.25) is 4.79 Å². The minimum Gasteiger partial charge on any atom is -0.385 e. The molecule has 1 saturated carbocycles. The predicted molar refractivity (Wildman–Crippen MR) is 122 cm³/mol. The number of methoxy groups -OCH3 is 1. The molecule has 164 valence electrons. The molecule has 1 atom stereocenters. The number of aromatic nitrogens is 3. The van der Waals surface area contributed by atoms with Gasteiger partial charge < -0.3 is 14.6 Å². The molecule has 30 heavy (non-hydrogen) atoms. The molecule has 1 aliphatic rings. The van der Waals surface area contributed by atoms with E-state index in [4.69, 9.17) is 16.3 Å². The number of rotatable bonds is 9. The average Bonchev–Trinajstić information content (AvgIpc) is 2.95. The van der Waals surface area contributed by atoms with Gasteiger partial charge in [0.05, 0.1) is 5.25 Å².